The molecule has 0 aliphatic rings. The van der Waals surface area contributed by atoms with Crippen LogP contribution in [-0.4, -0.2) is 15.2 Å². The molecular formula is C13H14FN3S. The molecule has 0 amide bonds. The Kier molecular flexibility index (Phi) is 4.28. The largest absolute Gasteiger partial charge is 0.323 e. The Morgan fingerprint density at radius 1 is 1.22 bits per heavy atom. The Hall–Kier alpha value is -1.46. The highest BCUT2D eigenvalue weighted by Gasteiger charge is 2.16. The smallest absolute Gasteiger partial charge is 0.123 e. The topological polar surface area (TPSA) is 51.8 Å². The molecule has 0 saturated carbocycles. The van der Waals surface area contributed by atoms with Crippen molar-refractivity contribution in [1.29, 1.82) is 0 Å². The maximum absolute atomic E-state index is 12.8. The van der Waals surface area contributed by atoms with Crippen LogP contribution in [0.15, 0.2) is 47.9 Å². The summed E-state index contributed by atoms with van der Waals surface area (Å²) in [4.78, 5) is 8.20. The minimum atomic E-state index is -0.250. The molecule has 3 nitrogen and oxygen atoms in total. The third kappa shape index (κ3) is 3.27. The first-order valence-corrected chi connectivity index (χ1v) is 6.48. The maximum Gasteiger partial charge on any atom is 0.123 e. The summed E-state index contributed by atoms with van der Waals surface area (Å²) in [6.07, 6.45) is 4.99. The Labute approximate surface area is 110 Å². The summed E-state index contributed by atoms with van der Waals surface area (Å²) < 4.78 is 12.8. The van der Waals surface area contributed by atoms with E-state index in [1.54, 1.807) is 42.5 Å². The monoisotopic (exact) mass is 263 g/mol. The van der Waals surface area contributed by atoms with Gasteiger partial charge in [0, 0.05) is 23.7 Å². The van der Waals surface area contributed by atoms with Crippen molar-refractivity contribution in [3.05, 3.63) is 54.2 Å². The molecule has 0 spiro atoms. The fraction of sp³-hybridized carbons (Fsp3) is 0.231. The van der Waals surface area contributed by atoms with Crippen LogP contribution in [0.4, 0.5) is 4.39 Å². The van der Waals surface area contributed by atoms with E-state index in [9.17, 15) is 4.39 Å². The van der Waals surface area contributed by atoms with Gasteiger partial charge < -0.3 is 5.73 Å². The summed E-state index contributed by atoms with van der Waals surface area (Å²) in [6.45, 7) is 2.02. The highest BCUT2D eigenvalue weighted by atomic mass is 32.2. The quantitative estimate of drug-likeness (QED) is 0.862. The molecule has 5 heteroatoms. The molecule has 0 aliphatic carbocycles. The van der Waals surface area contributed by atoms with Crippen molar-refractivity contribution in [2.75, 3.05) is 0 Å². The number of benzene rings is 1. The molecule has 2 rings (SSSR count). The first kappa shape index (κ1) is 13.0. The maximum atomic E-state index is 12.8. The van der Waals surface area contributed by atoms with E-state index < -0.39 is 0 Å². The van der Waals surface area contributed by atoms with Gasteiger partial charge >= 0.3 is 0 Å². The van der Waals surface area contributed by atoms with Crippen LogP contribution in [0.5, 0.6) is 0 Å². The molecule has 2 atom stereocenters. The van der Waals surface area contributed by atoms with Gasteiger partial charge in [0.05, 0.1) is 6.20 Å². The molecule has 2 N–H and O–H groups in total. The highest BCUT2D eigenvalue weighted by Crippen LogP contribution is 2.28. The molecule has 1 aromatic carbocycles. The third-order valence-electron chi connectivity index (χ3n) is 2.61. The lowest BCUT2D eigenvalue weighted by Crippen LogP contribution is -2.21. The first-order chi connectivity index (χ1) is 8.66. The normalized spacial score (nSPS) is 14.2. The zero-order valence-corrected chi connectivity index (χ0v) is 10.8. The third-order valence-corrected chi connectivity index (χ3v) is 3.72. The Morgan fingerprint density at radius 2 is 1.94 bits per heavy atom. The fourth-order valence-corrected chi connectivity index (χ4v) is 2.49. The van der Waals surface area contributed by atoms with Gasteiger partial charge in [0.2, 0.25) is 0 Å². The van der Waals surface area contributed by atoms with E-state index in [0.29, 0.717) is 0 Å². The Morgan fingerprint density at radius 3 is 2.56 bits per heavy atom. The molecule has 0 bridgehead atoms. The predicted molar refractivity (Wildman–Crippen MR) is 70.7 cm³/mol. The molecule has 94 valence electrons. The Balaban J connectivity index is 2.05. The van der Waals surface area contributed by atoms with E-state index in [4.69, 9.17) is 5.73 Å². The van der Waals surface area contributed by atoms with Gasteiger partial charge in [-0.15, -0.1) is 0 Å². The van der Waals surface area contributed by atoms with E-state index in [1.165, 1.54) is 12.1 Å². The molecule has 1 heterocycles. The average molecular weight is 263 g/mol. The van der Waals surface area contributed by atoms with Gasteiger partial charge in [-0.2, -0.15) is 0 Å². The lowest BCUT2D eigenvalue weighted by molar-refractivity contribution is 0.624. The van der Waals surface area contributed by atoms with Gasteiger partial charge in [0.25, 0.3) is 0 Å². The van der Waals surface area contributed by atoms with E-state index in [-0.39, 0.29) is 17.1 Å². The number of hydrogen-bond acceptors (Lipinski definition) is 4. The van der Waals surface area contributed by atoms with Crippen molar-refractivity contribution in [2.45, 2.75) is 23.2 Å². The number of nitrogens with zero attached hydrogens (tertiary/aromatic N) is 2. The van der Waals surface area contributed by atoms with E-state index in [1.807, 2.05) is 6.92 Å². The number of nitrogens with two attached hydrogens (primary N) is 1. The second-order valence-electron chi connectivity index (χ2n) is 3.94. The van der Waals surface area contributed by atoms with Gasteiger partial charge in [0.15, 0.2) is 0 Å². The van der Waals surface area contributed by atoms with Crippen molar-refractivity contribution >= 4 is 11.8 Å². The van der Waals surface area contributed by atoms with E-state index in [2.05, 4.69) is 9.97 Å². The van der Waals surface area contributed by atoms with Gasteiger partial charge in [-0.25, -0.2) is 9.37 Å². The summed E-state index contributed by atoms with van der Waals surface area (Å²) in [5, 5.41) is 0.967. The highest BCUT2D eigenvalue weighted by molar-refractivity contribution is 7.99. The van der Waals surface area contributed by atoms with Crippen LogP contribution in [0.25, 0.3) is 0 Å². The van der Waals surface area contributed by atoms with Crippen LogP contribution in [0.1, 0.15) is 18.5 Å². The van der Waals surface area contributed by atoms with Crippen LogP contribution >= 0.6 is 11.8 Å². The van der Waals surface area contributed by atoms with Crippen molar-refractivity contribution < 1.29 is 4.39 Å². The molecule has 1 aromatic heterocycles. The Bertz CT molecular complexity index is 489. The van der Waals surface area contributed by atoms with E-state index in [0.717, 1.165) is 10.6 Å². The van der Waals surface area contributed by atoms with Gasteiger partial charge in [-0.3, -0.25) is 4.98 Å². The van der Waals surface area contributed by atoms with E-state index >= 15 is 0 Å². The number of rotatable bonds is 4. The SMILES string of the molecule is CC(Sc1cnccn1)C(N)c1ccc(F)cc1. The number of hydrogen-bond donors (Lipinski definition) is 1. The van der Waals surface area contributed by atoms with Crippen molar-refractivity contribution in [2.24, 2.45) is 5.73 Å². The van der Waals surface area contributed by atoms with Crippen LogP contribution < -0.4 is 5.73 Å². The molecular weight excluding hydrogens is 249 g/mol. The zero-order valence-electron chi connectivity index (χ0n) is 9.95. The summed E-state index contributed by atoms with van der Waals surface area (Å²) in [5.74, 6) is -0.250. The lowest BCUT2D eigenvalue weighted by Gasteiger charge is -2.19. The van der Waals surface area contributed by atoms with Crippen LogP contribution in [0.3, 0.4) is 0 Å². The van der Waals surface area contributed by atoms with Crippen molar-refractivity contribution in [3.63, 3.8) is 0 Å². The van der Waals surface area contributed by atoms with Gasteiger partial charge in [0.1, 0.15) is 10.8 Å². The standard InChI is InChI=1S/C13H14FN3S/c1-9(18-12-8-16-6-7-17-12)13(15)10-2-4-11(14)5-3-10/h2-9,13H,15H2,1H3. The number of aromatic nitrogens is 2. The molecule has 18 heavy (non-hydrogen) atoms. The molecule has 2 unspecified atom stereocenters. The molecule has 0 fully saturated rings. The summed E-state index contributed by atoms with van der Waals surface area (Å²) in [6, 6.07) is 6.11. The van der Waals surface area contributed by atoms with Crippen molar-refractivity contribution in [1.82, 2.24) is 9.97 Å². The second kappa shape index (κ2) is 5.93. The van der Waals surface area contributed by atoms with Crippen LogP contribution in [-0.2, 0) is 0 Å². The first-order valence-electron chi connectivity index (χ1n) is 5.60. The van der Waals surface area contributed by atoms with Gasteiger partial charge in [-0.05, 0) is 17.7 Å². The molecule has 0 saturated heterocycles. The number of halogens is 1. The summed E-state index contributed by atoms with van der Waals surface area (Å²) in [5.41, 5.74) is 7.06. The summed E-state index contributed by atoms with van der Waals surface area (Å²) in [7, 11) is 0. The average Bonchev–Trinajstić information content (AvgIpc) is 2.40. The molecule has 2 aromatic rings. The minimum Gasteiger partial charge on any atom is -0.323 e. The fourth-order valence-electron chi connectivity index (χ4n) is 1.57. The predicted octanol–water partition coefficient (Wildman–Crippen LogP) is 2.80. The van der Waals surface area contributed by atoms with Crippen LogP contribution in [0, 0.1) is 5.82 Å². The zero-order chi connectivity index (χ0) is 13.0. The molecule has 0 aliphatic heterocycles. The minimum absolute atomic E-state index is 0.132. The molecule has 0 radical (unpaired) electrons. The number of thioether (sulfide) groups is 1. The van der Waals surface area contributed by atoms with Gasteiger partial charge in [-0.1, -0.05) is 30.8 Å². The summed E-state index contributed by atoms with van der Waals surface area (Å²) >= 11 is 1.56. The van der Waals surface area contributed by atoms with Crippen LogP contribution in [0.2, 0.25) is 0 Å². The second-order valence-corrected chi connectivity index (χ2v) is 5.34. The lowest BCUT2D eigenvalue weighted by atomic mass is 10.1. The van der Waals surface area contributed by atoms with Crippen molar-refractivity contribution in [3.8, 4) is 0 Å².